The van der Waals surface area contributed by atoms with Crippen LogP contribution in [0.1, 0.15) is 26.2 Å². The van der Waals surface area contributed by atoms with Crippen LogP contribution in [0.15, 0.2) is 23.0 Å². The van der Waals surface area contributed by atoms with Crippen LogP contribution in [-0.2, 0) is 0 Å². The van der Waals surface area contributed by atoms with E-state index < -0.39 is 4.92 Å². The summed E-state index contributed by atoms with van der Waals surface area (Å²) in [6.45, 7) is 3.93. The number of benzene rings is 1. The minimum atomic E-state index is -0.511. The number of rotatable bonds is 3. The molecule has 0 unspecified atom stereocenters. The number of fused-ring (bicyclic) bond motifs is 1. The van der Waals surface area contributed by atoms with Gasteiger partial charge in [-0.25, -0.2) is 4.98 Å². The average molecular weight is 302 g/mol. The van der Waals surface area contributed by atoms with E-state index in [9.17, 15) is 14.9 Å². The Morgan fingerprint density at radius 1 is 1.50 bits per heavy atom. The SMILES string of the molecule is CC[C@H]1CCCN(c2nc3ccc([N+](=O)[O-])cc3c(=O)[nH]2)C1. The van der Waals surface area contributed by atoms with E-state index in [-0.39, 0.29) is 16.6 Å². The predicted molar refractivity (Wildman–Crippen MR) is 84.2 cm³/mol. The third-order valence-electron chi connectivity index (χ3n) is 4.28. The fourth-order valence-electron chi connectivity index (χ4n) is 2.97. The molecule has 7 nitrogen and oxygen atoms in total. The number of nitrogens with zero attached hydrogens (tertiary/aromatic N) is 3. The third-order valence-corrected chi connectivity index (χ3v) is 4.28. The molecule has 0 spiro atoms. The van der Waals surface area contributed by atoms with Crippen molar-refractivity contribution in [3.8, 4) is 0 Å². The van der Waals surface area contributed by atoms with Gasteiger partial charge in [0, 0.05) is 25.2 Å². The summed E-state index contributed by atoms with van der Waals surface area (Å²) in [5.41, 5.74) is 0.0573. The van der Waals surface area contributed by atoms with Gasteiger partial charge >= 0.3 is 0 Å². The fourth-order valence-corrected chi connectivity index (χ4v) is 2.97. The van der Waals surface area contributed by atoms with Crippen molar-refractivity contribution in [3.63, 3.8) is 0 Å². The lowest BCUT2D eigenvalue weighted by Gasteiger charge is -2.32. The second kappa shape index (κ2) is 5.75. The van der Waals surface area contributed by atoms with Crippen LogP contribution in [0.3, 0.4) is 0 Å². The van der Waals surface area contributed by atoms with E-state index in [0.717, 1.165) is 25.9 Å². The number of nitro groups is 1. The summed E-state index contributed by atoms with van der Waals surface area (Å²) < 4.78 is 0. The monoisotopic (exact) mass is 302 g/mol. The van der Waals surface area contributed by atoms with Gasteiger partial charge in [-0.3, -0.25) is 19.9 Å². The van der Waals surface area contributed by atoms with E-state index in [1.54, 1.807) is 0 Å². The highest BCUT2D eigenvalue weighted by molar-refractivity contribution is 5.81. The highest BCUT2D eigenvalue weighted by atomic mass is 16.6. The van der Waals surface area contributed by atoms with Crippen LogP contribution in [0.4, 0.5) is 11.6 Å². The standard InChI is InChI=1S/C15H18N4O3/c1-2-10-4-3-7-18(9-10)15-16-13-6-5-11(19(21)22)8-12(13)14(20)17-15/h5-6,8,10H,2-4,7,9H2,1H3,(H,16,17,20)/t10-/m0/s1. The number of aromatic amines is 1. The molecular formula is C15H18N4O3. The predicted octanol–water partition coefficient (Wildman–Crippen LogP) is 2.46. The molecule has 7 heteroatoms. The Hall–Kier alpha value is -2.44. The van der Waals surface area contributed by atoms with Gasteiger partial charge in [0.05, 0.1) is 15.8 Å². The van der Waals surface area contributed by atoms with Crippen molar-refractivity contribution in [1.82, 2.24) is 9.97 Å². The zero-order valence-corrected chi connectivity index (χ0v) is 12.4. The quantitative estimate of drug-likeness (QED) is 0.694. The van der Waals surface area contributed by atoms with Gasteiger partial charge in [0.25, 0.3) is 11.2 Å². The second-order valence-corrected chi connectivity index (χ2v) is 5.71. The highest BCUT2D eigenvalue weighted by Crippen LogP contribution is 2.23. The summed E-state index contributed by atoms with van der Waals surface area (Å²) in [4.78, 5) is 31.9. The van der Waals surface area contributed by atoms with Crippen LogP contribution in [-0.4, -0.2) is 28.0 Å². The Morgan fingerprint density at radius 2 is 2.32 bits per heavy atom. The van der Waals surface area contributed by atoms with E-state index in [1.165, 1.54) is 24.6 Å². The molecule has 0 amide bonds. The van der Waals surface area contributed by atoms with E-state index in [4.69, 9.17) is 0 Å². The first-order chi connectivity index (χ1) is 10.6. The molecule has 3 rings (SSSR count). The molecule has 1 aliphatic rings. The molecule has 0 bridgehead atoms. The summed E-state index contributed by atoms with van der Waals surface area (Å²) >= 11 is 0. The van der Waals surface area contributed by atoms with Gasteiger partial charge in [-0.1, -0.05) is 13.3 Å². The average Bonchev–Trinajstić information content (AvgIpc) is 2.54. The molecule has 1 saturated heterocycles. The van der Waals surface area contributed by atoms with Crippen LogP contribution in [0.25, 0.3) is 10.9 Å². The van der Waals surface area contributed by atoms with Crippen molar-refractivity contribution < 1.29 is 4.92 Å². The number of anilines is 1. The van der Waals surface area contributed by atoms with Crippen molar-refractivity contribution in [2.75, 3.05) is 18.0 Å². The van der Waals surface area contributed by atoms with Crippen molar-refractivity contribution in [2.45, 2.75) is 26.2 Å². The van der Waals surface area contributed by atoms with E-state index >= 15 is 0 Å². The zero-order chi connectivity index (χ0) is 15.7. The molecule has 2 heterocycles. The molecule has 1 atom stereocenters. The maximum Gasteiger partial charge on any atom is 0.270 e. The molecule has 0 radical (unpaired) electrons. The van der Waals surface area contributed by atoms with Gasteiger partial charge in [-0.05, 0) is 24.8 Å². The fraction of sp³-hybridized carbons (Fsp3) is 0.467. The summed E-state index contributed by atoms with van der Waals surface area (Å²) in [6.07, 6.45) is 3.40. The molecule has 0 saturated carbocycles. The maximum absolute atomic E-state index is 12.2. The van der Waals surface area contributed by atoms with Gasteiger partial charge in [0.2, 0.25) is 5.95 Å². The number of hydrogen-bond acceptors (Lipinski definition) is 5. The Bertz CT molecular complexity index is 771. The first-order valence-electron chi connectivity index (χ1n) is 7.52. The first-order valence-corrected chi connectivity index (χ1v) is 7.52. The van der Waals surface area contributed by atoms with E-state index in [0.29, 0.717) is 17.4 Å². The van der Waals surface area contributed by atoms with Crippen molar-refractivity contribution in [1.29, 1.82) is 0 Å². The molecule has 2 aromatic rings. The van der Waals surface area contributed by atoms with Crippen LogP contribution in [0, 0.1) is 16.0 Å². The van der Waals surface area contributed by atoms with Gasteiger partial charge in [0.15, 0.2) is 0 Å². The van der Waals surface area contributed by atoms with E-state index in [1.807, 2.05) is 0 Å². The Labute approximate surface area is 127 Å². The van der Waals surface area contributed by atoms with Gasteiger partial charge in [-0.2, -0.15) is 0 Å². The number of aromatic nitrogens is 2. The summed E-state index contributed by atoms with van der Waals surface area (Å²) in [5, 5.41) is 11.1. The van der Waals surface area contributed by atoms with Gasteiger partial charge in [0.1, 0.15) is 0 Å². The topological polar surface area (TPSA) is 92.1 Å². The summed E-state index contributed by atoms with van der Waals surface area (Å²) in [7, 11) is 0. The number of H-pyrrole nitrogens is 1. The normalized spacial score (nSPS) is 18.6. The van der Waals surface area contributed by atoms with Crippen molar-refractivity contribution in [3.05, 3.63) is 38.7 Å². The van der Waals surface area contributed by atoms with Gasteiger partial charge in [-0.15, -0.1) is 0 Å². The van der Waals surface area contributed by atoms with E-state index in [2.05, 4.69) is 21.8 Å². The molecule has 1 aromatic carbocycles. The van der Waals surface area contributed by atoms with Crippen molar-refractivity contribution >= 4 is 22.5 Å². The highest BCUT2D eigenvalue weighted by Gasteiger charge is 2.21. The van der Waals surface area contributed by atoms with Crippen LogP contribution in [0.5, 0.6) is 0 Å². The Balaban J connectivity index is 2.00. The Kier molecular flexibility index (Phi) is 3.79. The lowest BCUT2D eigenvalue weighted by Crippen LogP contribution is -2.37. The zero-order valence-electron chi connectivity index (χ0n) is 12.4. The lowest BCUT2D eigenvalue weighted by molar-refractivity contribution is -0.384. The molecule has 1 aliphatic heterocycles. The largest absolute Gasteiger partial charge is 0.342 e. The molecule has 0 aliphatic carbocycles. The first kappa shape index (κ1) is 14.5. The van der Waals surface area contributed by atoms with Gasteiger partial charge < -0.3 is 4.90 Å². The molecule has 1 fully saturated rings. The minimum absolute atomic E-state index is 0.100. The summed E-state index contributed by atoms with van der Waals surface area (Å²) in [5.74, 6) is 1.18. The van der Waals surface area contributed by atoms with Crippen LogP contribution < -0.4 is 10.5 Å². The summed E-state index contributed by atoms with van der Waals surface area (Å²) in [6, 6.07) is 4.19. The van der Waals surface area contributed by atoms with Crippen LogP contribution in [0.2, 0.25) is 0 Å². The molecule has 22 heavy (non-hydrogen) atoms. The molecular weight excluding hydrogens is 284 g/mol. The number of hydrogen-bond donors (Lipinski definition) is 1. The number of nitro benzene ring substituents is 1. The molecule has 116 valence electrons. The number of nitrogens with one attached hydrogen (secondary N) is 1. The second-order valence-electron chi connectivity index (χ2n) is 5.71. The van der Waals surface area contributed by atoms with Crippen molar-refractivity contribution in [2.24, 2.45) is 5.92 Å². The maximum atomic E-state index is 12.2. The minimum Gasteiger partial charge on any atom is -0.342 e. The lowest BCUT2D eigenvalue weighted by atomic mass is 9.96. The smallest absolute Gasteiger partial charge is 0.270 e. The third kappa shape index (κ3) is 2.66. The molecule has 1 aromatic heterocycles. The Morgan fingerprint density at radius 3 is 3.05 bits per heavy atom. The van der Waals surface area contributed by atoms with Crippen LogP contribution >= 0.6 is 0 Å². The number of piperidine rings is 1. The molecule has 1 N–H and O–H groups in total. The number of non-ortho nitro benzene ring substituents is 1.